The summed E-state index contributed by atoms with van der Waals surface area (Å²) in [7, 11) is 0. The lowest BCUT2D eigenvalue weighted by molar-refractivity contribution is -0.143. The standard InChI is InChI=1S/C18H25NO2/c1-2-21-18(20)17-16(15-11-7-4-8-12-15)19(17)13-14-9-5-3-6-10-14/h3,5-6,9-10,15-17H,2,4,7-8,11-13H2,1H3. The van der Waals surface area contributed by atoms with E-state index in [1.165, 1.54) is 37.7 Å². The van der Waals surface area contributed by atoms with Gasteiger partial charge in [0.1, 0.15) is 6.04 Å². The van der Waals surface area contributed by atoms with Gasteiger partial charge in [0.2, 0.25) is 0 Å². The second kappa shape index (κ2) is 6.61. The number of carbonyl (C=O) groups is 1. The van der Waals surface area contributed by atoms with Gasteiger partial charge in [-0.2, -0.15) is 0 Å². The van der Waals surface area contributed by atoms with E-state index < -0.39 is 0 Å². The van der Waals surface area contributed by atoms with Crippen molar-refractivity contribution in [2.75, 3.05) is 6.61 Å². The summed E-state index contributed by atoms with van der Waals surface area (Å²) < 4.78 is 5.27. The minimum Gasteiger partial charge on any atom is -0.465 e. The predicted octanol–water partition coefficient (Wildman–Crippen LogP) is 3.38. The number of hydrogen-bond acceptors (Lipinski definition) is 3. The van der Waals surface area contributed by atoms with Crippen LogP contribution in [0.5, 0.6) is 0 Å². The SMILES string of the molecule is CCOC(=O)C1C(C2CCCCC2)N1Cc1ccccc1. The monoisotopic (exact) mass is 287 g/mol. The van der Waals surface area contributed by atoms with Crippen LogP contribution in [0, 0.1) is 5.92 Å². The van der Waals surface area contributed by atoms with E-state index in [0.29, 0.717) is 18.6 Å². The van der Waals surface area contributed by atoms with Crippen molar-refractivity contribution < 1.29 is 9.53 Å². The van der Waals surface area contributed by atoms with Crippen LogP contribution >= 0.6 is 0 Å². The summed E-state index contributed by atoms with van der Waals surface area (Å²) in [6.07, 6.45) is 6.52. The Hall–Kier alpha value is -1.35. The summed E-state index contributed by atoms with van der Waals surface area (Å²) in [5.74, 6) is 0.654. The lowest BCUT2D eigenvalue weighted by atomic mass is 9.85. The zero-order chi connectivity index (χ0) is 14.7. The highest BCUT2D eigenvalue weighted by atomic mass is 16.5. The largest absolute Gasteiger partial charge is 0.465 e. The average molecular weight is 287 g/mol. The van der Waals surface area contributed by atoms with E-state index in [2.05, 4.69) is 29.2 Å². The van der Waals surface area contributed by atoms with E-state index >= 15 is 0 Å². The van der Waals surface area contributed by atoms with Gasteiger partial charge in [-0.1, -0.05) is 49.6 Å². The van der Waals surface area contributed by atoms with Crippen LogP contribution in [0.15, 0.2) is 30.3 Å². The normalized spacial score (nSPS) is 29.1. The molecule has 1 aliphatic carbocycles. The molecule has 0 amide bonds. The zero-order valence-electron chi connectivity index (χ0n) is 12.8. The summed E-state index contributed by atoms with van der Waals surface area (Å²) in [5, 5.41) is 0. The number of carbonyl (C=O) groups excluding carboxylic acids is 1. The van der Waals surface area contributed by atoms with Crippen molar-refractivity contribution in [1.29, 1.82) is 0 Å². The van der Waals surface area contributed by atoms with Crippen LogP contribution in [-0.2, 0) is 16.1 Å². The summed E-state index contributed by atoms with van der Waals surface area (Å²) in [6, 6.07) is 10.8. The number of ether oxygens (including phenoxy) is 1. The second-order valence-corrected chi connectivity index (χ2v) is 6.24. The van der Waals surface area contributed by atoms with E-state index in [9.17, 15) is 4.79 Å². The number of benzene rings is 1. The minimum absolute atomic E-state index is 0.00624. The Morgan fingerprint density at radius 2 is 1.90 bits per heavy atom. The fourth-order valence-electron chi connectivity index (χ4n) is 3.80. The molecule has 0 aromatic heterocycles. The van der Waals surface area contributed by atoms with Crippen LogP contribution in [-0.4, -0.2) is 29.6 Å². The quantitative estimate of drug-likeness (QED) is 0.614. The zero-order valence-corrected chi connectivity index (χ0v) is 12.8. The molecule has 21 heavy (non-hydrogen) atoms. The third-order valence-electron chi connectivity index (χ3n) is 4.84. The van der Waals surface area contributed by atoms with Crippen LogP contribution in [0.25, 0.3) is 0 Å². The van der Waals surface area contributed by atoms with Crippen molar-refractivity contribution in [2.24, 2.45) is 5.92 Å². The van der Waals surface area contributed by atoms with E-state index in [4.69, 9.17) is 4.74 Å². The Balaban J connectivity index is 1.68. The van der Waals surface area contributed by atoms with Crippen molar-refractivity contribution in [3.05, 3.63) is 35.9 Å². The molecule has 114 valence electrons. The Morgan fingerprint density at radius 3 is 2.57 bits per heavy atom. The Kier molecular flexibility index (Phi) is 4.59. The molecule has 1 heterocycles. The van der Waals surface area contributed by atoms with E-state index in [0.717, 1.165) is 6.54 Å². The summed E-state index contributed by atoms with van der Waals surface area (Å²) >= 11 is 0. The maximum atomic E-state index is 12.2. The third kappa shape index (κ3) is 3.29. The summed E-state index contributed by atoms with van der Waals surface area (Å²) in [5.41, 5.74) is 1.28. The van der Waals surface area contributed by atoms with Gasteiger partial charge < -0.3 is 4.74 Å². The van der Waals surface area contributed by atoms with Gasteiger partial charge in [0, 0.05) is 12.6 Å². The first-order valence-corrected chi connectivity index (χ1v) is 8.27. The lowest BCUT2D eigenvalue weighted by Crippen LogP contribution is -2.20. The number of nitrogens with zero attached hydrogens (tertiary/aromatic N) is 1. The average Bonchev–Trinajstić information content (AvgIpc) is 3.23. The van der Waals surface area contributed by atoms with Gasteiger partial charge in [-0.05, 0) is 31.2 Å². The number of esters is 1. The molecule has 0 spiro atoms. The predicted molar refractivity (Wildman–Crippen MR) is 82.8 cm³/mol. The van der Waals surface area contributed by atoms with Crippen molar-refractivity contribution in [3.8, 4) is 0 Å². The van der Waals surface area contributed by atoms with Crippen molar-refractivity contribution in [2.45, 2.75) is 57.7 Å². The topological polar surface area (TPSA) is 29.3 Å². The summed E-state index contributed by atoms with van der Waals surface area (Å²) in [4.78, 5) is 14.5. The molecule has 1 aromatic carbocycles. The minimum atomic E-state index is -0.0241. The highest BCUT2D eigenvalue weighted by Crippen LogP contribution is 2.42. The van der Waals surface area contributed by atoms with E-state index in [1.54, 1.807) is 0 Å². The van der Waals surface area contributed by atoms with Crippen LogP contribution in [0.2, 0.25) is 0 Å². The molecule has 3 heteroatoms. The van der Waals surface area contributed by atoms with Gasteiger partial charge in [-0.3, -0.25) is 9.69 Å². The maximum Gasteiger partial charge on any atom is 0.325 e. The highest BCUT2D eigenvalue weighted by molar-refractivity contribution is 5.80. The summed E-state index contributed by atoms with van der Waals surface area (Å²) in [6.45, 7) is 3.23. The van der Waals surface area contributed by atoms with Crippen LogP contribution in [0.1, 0.15) is 44.6 Å². The molecule has 1 aliphatic heterocycles. The number of rotatable bonds is 5. The Bertz CT molecular complexity index is 467. The second-order valence-electron chi connectivity index (χ2n) is 6.24. The molecule has 1 saturated carbocycles. The molecule has 3 unspecified atom stereocenters. The Labute approximate surface area is 127 Å². The van der Waals surface area contributed by atoms with Gasteiger partial charge in [0.05, 0.1) is 6.61 Å². The molecule has 2 aliphatic rings. The molecule has 1 aromatic rings. The first-order valence-electron chi connectivity index (χ1n) is 8.27. The Morgan fingerprint density at radius 1 is 1.19 bits per heavy atom. The maximum absolute atomic E-state index is 12.2. The van der Waals surface area contributed by atoms with Gasteiger partial charge in [-0.25, -0.2) is 0 Å². The molecule has 0 radical (unpaired) electrons. The van der Waals surface area contributed by atoms with Crippen LogP contribution < -0.4 is 0 Å². The van der Waals surface area contributed by atoms with Gasteiger partial charge in [0.25, 0.3) is 0 Å². The number of hydrogen-bond donors (Lipinski definition) is 0. The highest BCUT2D eigenvalue weighted by Gasteiger charge is 2.56. The van der Waals surface area contributed by atoms with Crippen LogP contribution in [0.4, 0.5) is 0 Å². The molecule has 0 bridgehead atoms. The van der Waals surface area contributed by atoms with Gasteiger partial charge in [-0.15, -0.1) is 0 Å². The molecule has 3 nitrogen and oxygen atoms in total. The van der Waals surface area contributed by atoms with E-state index in [-0.39, 0.29) is 12.0 Å². The van der Waals surface area contributed by atoms with E-state index in [1.807, 2.05) is 13.0 Å². The molecule has 1 saturated heterocycles. The lowest BCUT2D eigenvalue weighted by Gasteiger charge is -2.21. The molecule has 3 rings (SSSR count). The third-order valence-corrected chi connectivity index (χ3v) is 4.84. The fraction of sp³-hybridized carbons (Fsp3) is 0.611. The smallest absolute Gasteiger partial charge is 0.325 e. The van der Waals surface area contributed by atoms with Gasteiger partial charge in [0.15, 0.2) is 0 Å². The molecular formula is C18H25NO2. The molecule has 2 fully saturated rings. The van der Waals surface area contributed by atoms with Gasteiger partial charge >= 0.3 is 5.97 Å². The molecule has 3 atom stereocenters. The van der Waals surface area contributed by atoms with Crippen LogP contribution in [0.3, 0.4) is 0 Å². The van der Waals surface area contributed by atoms with Crippen molar-refractivity contribution in [1.82, 2.24) is 4.90 Å². The molecular weight excluding hydrogens is 262 g/mol. The van der Waals surface area contributed by atoms with Crippen molar-refractivity contribution >= 4 is 5.97 Å². The first-order chi connectivity index (χ1) is 10.3. The molecule has 0 N–H and O–H groups in total. The van der Waals surface area contributed by atoms with Crippen molar-refractivity contribution in [3.63, 3.8) is 0 Å². The first kappa shape index (κ1) is 14.6. The fourth-order valence-corrected chi connectivity index (χ4v) is 3.80.